The Morgan fingerprint density at radius 2 is 2.00 bits per heavy atom. The molecule has 0 unspecified atom stereocenters. The first-order chi connectivity index (χ1) is 12.1. The quantitative estimate of drug-likeness (QED) is 0.666. The van der Waals surface area contributed by atoms with E-state index in [9.17, 15) is 20.0 Å². The zero-order valence-corrected chi connectivity index (χ0v) is 13.5. The average Bonchev–Trinajstić information content (AvgIpc) is 2.64. The number of nitro benzene ring substituents is 1. The third-order valence-electron chi connectivity index (χ3n) is 4.15. The molecule has 0 bridgehead atoms. The fourth-order valence-electron chi connectivity index (χ4n) is 2.92. The number of aliphatic hydroxyl groups is 1. The van der Waals surface area contributed by atoms with Crippen LogP contribution in [0, 0.1) is 10.1 Å². The van der Waals surface area contributed by atoms with Gasteiger partial charge in [0, 0.05) is 18.3 Å². The number of hydrogen-bond acceptors (Lipinski definition) is 5. The van der Waals surface area contributed by atoms with E-state index >= 15 is 0 Å². The fourth-order valence-corrected chi connectivity index (χ4v) is 2.92. The van der Waals surface area contributed by atoms with Gasteiger partial charge in [0.1, 0.15) is 5.75 Å². The first kappa shape index (κ1) is 16.9. The number of piperidine rings is 1. The van der Waals surface area contributed by atoms with Gasteiger partial charge >= 0.3 is 0 Å². The lowest BCUT2D eigenvalue weighted by molar-refractivity contribution is -0.385. The van der Waals surface area contributed by atoms with E-state index in [1.807, 2.05) is 30.3 Å². The number of aliphatic hydroxyl groups excluding tert-OH is 1. The Labute approximate surface area is 144 Å². The SMILES string of the molecule is O=C1[C@H](Oc2ccc([N+](=O)[O-])c(CO)c2)CCCN1c1ccccc1. The van der Waals surface area contributed by atoms with Crippen molar-refractivity contribution in [2.24, 2.45) is 0 Å². The number of carbonyl (C=O) groups is 1. The Morgan fingerprint density at radius 3 is 2.68 bits per heavy atom. The van der Waals surface area contributed by atoms with E-state index < -0.39 is 17.6 Å². The molecule has 1 N–H and O–H groups in total. The second-order valence-electron chi connectivity index (χ2n) is 5.78. The van der Waals surface area contributed by atoms with Gasteiger partial charge in [-0.2, -0.15) is 0 Å². The number of para-hydroxylation sites is 1. The Balaban J connectivity index is 1.78. The number of rotatable bonds is 5. The standard InChI is InChI=1S/C18H18N2O5/c21-12-13-11-15(8-9-16(13)20(23)24)25-17-7-4-10-19(18(17)22)14-5-2-1-3-6-14/h1-3,5-6,8-9,11,17,21H,4,7,10,12H2/t17-/m1/s1. The maximum absolute atomic E-state index is 12.7. The predicted molar refractivity (Wildman–Crippen MR) is 91.5 cm³/mol. The molecule has 25 heavy (non-hydrogen) atoms. The van der Waals surface area contributed by atoms with Gasteiger partial charge < -0.3 is 14.7 Å². The molecule has 0 aliphatic carbocycles. The van der Waals surface area contributed by atoms with Crippen molar-refractivity contribution >= 4 is 17.3 Å². The van der Waals surface area contributed by atoms with Crippen LogP contribution in [0.25, 0.3) is 0 Å². The molecule has 130 valence electrons. The van der Waals surface area contributed by atoms with Gasteiger partial charge in [-0.3, -0.25) is 14.9 Å². The molecule has 1 fully saturated rings. The van der Waals surface area contributed by atoms with Crippen LogP contribution in [0.3, 0.4) is 0 Å². The highest BCUT2D eigenvalue weighted by atomic mass is 16.6. The third-order valence-corrected chi connectivity index (χ3v) is 4.15. The Morgan fingerprint density at radius 1 is 1.24 bits per heavy atom. The smallest absolute Gasteiger partial charge is 0.275 e. The van der Waals surface area contributed by atoms with E-state index in [4.69, 9.17) is 4.74 Å². The summed E-state index contributed by atoms with van der Waals surface area (Å²) in [4.78, 5) is 24.8. The third kappa shape index (κ3) is 3.61. The van der Waals surface area contributed by atoms with Crippen LogP contribution in [0.1, 0.15) is 18.4 Å². The van der Waals surface area contributed by atoms with E-state index in [1.54, 1.807) is 4.90 Å². The molecule has 3 rings (SSSR count). The van der Waals surface area contributed by atoms with E-state index in [1.165, 1.54) is 18.2 Å². The monoisotopic (exact) mass is 342 g/mol. The Hall–Kier alpha value is -2.93. The van der Waals surface area contributed by atoms with Crippen molar-refractivity contribution in [1.29, 1.82) is 0 Å². The number of hydrogen-bond donors (Lipinski definition) is 1. The molecule has 7 heteroatoms. The van der Waals surface area contributed by atoms with E-state index in [0.29, 0.717) is 18.7 Å². The van der Waals surface area contributed by atoms with E-state index in [-0.39, 0.29) is 17.2 Å². The topological polar surface area (TPSA) is 92.9 Å². The first-order valence-corrected chi connectivity index (χ1v) is 8.01. The number of ether oxygens (including phenoxy) is 1. The minimum absolute atomic E-state index is 0.138. The number of amides is 1. The average molecular weight is 342 g/mol. The molecule has 1 aliphatic heterocycles. The summed E-state index contributed by atoms with van der Waals surface area (Å²) < 4.78 is 5.77. The maximum Gasteiger partial charge on any atom is 0.275 e. The molecule has 1 atom stereocenters. The van der Waals surface area contributed by atoms with Crippen molar-refractivity contribution in [3.63, 3.8) is 0 Å². The molecule has 1 amide bonds. The van der Waals surface area contributed by atoms with Gasteiger partial charge in [0.05, 0.1) is 17.1 Å². The number of nitrogens with zero attached hydrogens (tertiary/aromatic N) is 2. The Kier molecular flexibility index (Phi) is 4.95. The van der Waals surface area contributed by atoms with Crippen molar-refractivity contribution in [3.8, 4) is 5.75 Å². The van der Waals surface area contributed by atoms with Gasteiger partial charge in [-0.05, 0) is 37.1 Å². The summed E-state index contributed by atoms with van der Waals surface area (Å²) >= 11 is 0. The molecular weight excluding hydrogens is 324 g/mol. The van der Waals surface area contributed by atoms with Gasteiger partial charge in [-0.25, -0.2) is 0 Å². The van der Waals surface area contributed by atoms with Gasteiger partial charge in [-0.1, -0.05) is 18.2 Å². The fraction of sp³-hybridized carbons (Fsp3) is 0.278. The lowest BCUT2D eigenvalue weighted by Gasteiger charge is -2.32. The summed E-state index contributed by atoms with van der Waals surface area (Å²) in [7, 11) is 0. The van der Waals surface area contributed by atoms with Crippen molar-refractivity contribution in [2.45, 2.75) is 25.6 Å². The summed E-state index contributed by atoms with van der Waals surface area (Å²) in [5.41, 5.74) is 0.807. The van der Waals surface area contributed by atoms with Crippen LogP contribution in [0.4, 0.5) is 11.4 Å². The van der Waals surface area contributed by atoms with Crippen LogP contribution in [0.2, 0.25) is 0 Å². The zero-order valence-electron chi connectivity index (χ0n) is 13.5. The second-order valence-corrected chi connectivity index (χ2v) is 5.78. The molecule has 1 aliphatic rings. The predicted octanol–water partition coefficient (Wildman–Crippen LogP) is 2.66. The normalized spacial score (nSPS) is 17.4. The van der Waals surface area contributed by atoms with Crippen LogP contribution in [-0.4, -0.2) is 28.6 Å². The van der Waals surface area contributed by atoms with Gasteiger partial charge in [0.25, 0.3) is 11.6 Å². The number of anilines is 1. The minimum Gasteiger partial charge on any atom is -0.481 e. The van der Waals surface area contributed by atoms with Crippen molar-refractivity contribution in [3.05, 3.63) is 64.2 Å². The summed E-state index contributed by atoms with van der Waals surface area (Å²) in [5.74, 6) is 0.198. The van der Waals surface area contributed by atoms with Gasteiger partial charge in [0.15, 0.2) is 6.10 Å². The highest BCUT2D eigenvalue weighted by Crippen LogP contribution is 2.28. The van der Waals surface area contributed by atoms with Crippen LogP contribution >= 0.6 is 0 Å². The summed E-state index contributed by atoms with van der Waals surface area (Å²) in [6.45, 7) is 0.160. The van der Waals surface area contributed by atoms with E-state index in [0.717, 1.165) is 12.1 Å². The second kappa shape index (κ2) is 7.31. The van der Waals surface area contributed by atoms with Crippen molar-refractivity contribution in [2.75, 3.05) is 11.4 Å². The lowest BCUT2D eigenvalue weighted by Crippen LogP contribution is -2.46. The Bertz CT molecular complexity index is 778. The summed E-state index contributed by atoms with van der Waals surface area (Å²) in [6.07, 6.45) is 0.723. The highest BCUT2D eigenvalue weighted by Gasteiger charge is 2.31. The first-order valence-electron chi connectivity index (χ1n) is 8.01. The molecule has 2 aromatic rings. The zero-order chi connectivity index (χ0) is 17.8. The van der Waals surface area contributed by atoms with E-state index in [2.05, 4.69) is 0 Å². The molecule has 1 saturated heterocycles. The van der Waals surface area contributed by atoms with Gasteiger partial charge in [0.2, 0.25) is 0 Å². The largest absolute Gasteiger partial charge is 0.481 e. The maximum atomic E-state index is 12.7. The molecule has 0 radical (unpaired) electrons. The number of benzene rings is 2. The van der Waals surface area contributed by atoms with Crippen LogP contribution in [-0.2, 0) is 11.4 Å². The molecule has 0 aromatic heterocycles. The molecular formula is C18H18N2O5. The lowest BCUT2D eigenvalue weighted by atomic mass is 10.1. The van der Waals surface area contributed by atoms with Crippen LogP contribution in [0.15, 0.2) is 48.5 Å². The molecule has 2 aromatic carbocycles. The minimum atomic E-state index is -0.651. The molecule has 0 saturated carbocycles. The van der Waals surface area contributed by atoms with Crippen molar-refractivity contribution < 1.29 is 19.6 Å². The van der Waals surface area contributed by atoms with Gasteiger partial charge in [-0.15, -0.1) is 0 Å². The summed E-state index contributed by atoms with van der Waals surface area (Å²) in [6, 6.07) is 13.5. The summed E-state index contributed by atoms with van der Waals surface area (Å²) in [5, 5.41) is 20.2. The van der Waals surface area contributed by atoms with Crippen LogP contribution < -0.4 is 9.64 Å². The van der Waals surface area contributed by atoms with Crippen LogP contribution in [0.5, 0.6) is 5.75 Å². The molecule has 1 heterocycles. The molecule has 0 spiro atoms. The molecule has 7 nitrogen and oxygen atoms in total. The van der Waals surface area contributed by atoms with Crippen molar-refractivity contribution in [1.82, 2.24) is 0 Å². The number of nitro groups is 1. The number of carbonyl (C=O) groups excluding carboxylic acids is 1. The highest BCUT2D eigenvalue weighted by molar-refractivity contribution is 5.97.